The number of hydrogen-bond acceptors (Lipinski definition) is 4. The molecule has 0 aromatic heterocycles. The third-order valence-electron chi connectivity index (χ3n) is 6.71. The van der Waals surface area contributed by atoms with E-state index >= 15 is 0 Å². The first-order chi connectivity index (χ1) is 15.9. The quantitative estimate of drug-likeness (QED) is 0.695. The zero-order valence-electron chi connectivity index (χ0n) is 19.4. The van der Waals surface area contributed by atoms with Crippen LogP contribution in [0.4, 0.5) is 0 Å². The fourth-order valence-electron chi connectivity index (χ4n) is 5.06. The van der Waals surface area contributed by atoms with E-state index in [9.17, 15) is 14.4 Å². The van der Waals surface area contributed by atoms with Crippen molar-refractivity contribution >= 4 is 23.6 Å². The molecule has 2 heterocycles. The van der Waals surface area contributed by atoms with Gasteiger partial charge < -0.3 is 15.1 Å². The highest BCUT2D eigenvalue weighted by Gasteiger charge is 2.48. The first-order valence-electron chi connectivity index (χ1n) is 11.8. The second-order valence-electron chi connectivity index (χ2n) is 9.33. The number of carbonyl (C=O) groups is 3. The molecule has 0 unspecified atom stereocenters. The van der Waals surface area contributed by atoms with Gasteiger partial charge in [0.05, 0.1) is 13.0 Å². The van der Waals surface area contributed by atoms with E-state index in [0.717, 1.165) is 36.9 Å². The van der Waals surface area contributed by atoms with Crippen LogP contribution in [0.25, 0.3) is 0 Å². The summed E-state index contributed by atoms with van der Waals surface area (Å²) in [6, 6.07) is 10.1. The lowest BCUT2D eigenvalue weighted by Crippen LogP contribution is -2.63. The summed E-state index contributed by atoms with van der Waals surface area (Å²) in [7, 11) is 0. The lowest BCUT2D eigenvalue weighted by atomic mass is 9.89. The summed E-state index contributed by atoms with van der Waals surface area (Å²) in [5.41, 5.74) is 0.803. The minimum Gasteiger partial charge on any atom is -0.352 e. The largest absolute Gasteiger partial charge is 0.352 e. The van der Waals surface area contributed by atoms with Gasteiger partial charge in [-0.2, -0.15) is 4.99 Å². The van der Waals surface area contributed by atoms with Gasteiger partial charge in [0.2, 0.25) is 11.8 Å². The Hall–Kier alpha value is -3.22. The summed E-state index contributed by atoms with van der Waals surface area (Å²) in [5, 5.41) is 3.09. The van der Waals surface area contributed by atoms with Crippen molar-refractivity contribution in [2.45, 2.75) is 64.0 Å². The Morgan fingerprint density at radius 3 is 2.67 bits per heavy atom. The van der Waals surface area contributed by atoms with E-state index in [2.05, 4.69) is 10.3 Å². The fourth-order valence-corrected chi connectivity index (χ4v) is 5.06. The molecule has 1 saturated carbocycles. The van der Waals surface area contributed by atoms with Crippen LogP contribution < -0.4 is 5.32 Å². The molecule has 174 valence electrons. The van der Waals surface area contributed by atoms with Gasteiger partial charge in [0.25, 0.3) is 5.91 Å². The molecule has 7 heteroatoms. The van der Waals surface area contributed by atoms with Crippen molar-refractivity contribution < 1.29 is 14.4 Å². The average molecular weight is 449 g/mol. The molecule has 3 amide bonds. The Kier molecular flexibility index (Phi) is 6.77. The minimum absolute atomic E-state index is 0.0230. The molecule has 2 aliphatic heterocycles. The van der Waals surface area contributed by atoms with Crippen LogP contribution in [0, 0.1) is 0 Å². The molecule has 1 aromatic carbocycles. The highest BCUT2D eigenvalue weighted by molar-refractivity contribution is 6.10. The van der Waals surface area contributed by atoms with Crippen LogP contribution in [0.1, 0.15) is 51.5 Å². The van der Waals surface area contributed by atoms with E-state index in [4.69, 9.17) is 0 Å². The molecule has 33 heavy (non-hydrogen) atoms. The van der Waals surface area contributed by atoms with Crippen molar-refractivity contribution in [2.75, 3.05) is 13.1 Å². The standard InChI is InChI=1S/C26H32N4O3/c1-19-9-8-14-22-28-23(31)17-26(2,30(19)22)25(33)29(16-15-20-10-4-3-5-11-20)18-24(32)27-21-12-6-7-13-21/h3-5,8-11,14,21H,6-7,12-13,15-18H2,1-2H3,(H,27,32)/t26-/m0/s1. The Morgan fingerprint density at radius 2 is 1.94 bits per heavy atom. The van der Waals surface area contributed by atoms with Crippen molar-refractivity contribution in [1.82, 2.24) is 15.1 Å². The molecule has 1 atom stereocenters. The summed E-state index contributed by atoms with van der Waals surface area (Å²) >= 11 is 0. The van der Waals surface area contributed by atoms with E-state index in [-0.39, 0.29) is 36.7 Å². The number of carbonyl (C=O) groups excluding carboxylic acids is 3. The van der Waals surface area contributed by atoms with Crippen LogP contribution in [0.3, 0.4) is 0 Å². The van der Waals surface area contributed by atoms with E-state index in [1.807, 2.05) is 54.3 Å². The number of benzene rings is 1. The lowest BCUT2D eigenvalue weighted by Gasteiger charge is -2.46. The van der Waals surface area contributed by atoms with Gasteiger partial charge in [-0.25, -0.2) is 0 Å². The monoisotopic (exact) mass is 448 g/mol. The fraction of sp³-hybridized carbons (Fsp3) is 0.462. The Labute approximate surface area is 195 Å². The van der Waals surface area contributed by atoms with E-state index in [0.29, 0.717) is 18.8 Å². The molecule has 7 nitrogen and oxygen atoms in total. The SMILES string of the molecule is CC1=CC=CC2=NC(=O)C[C@@](C)(C(=O)N(CCc3ccccc3)CC(=O)NC3CCCC3)N12. The number of hydrogen-bond donors (Lipinski definition) is 1. The predicted molar refractivity (Wildman–Crippen MR) is 127 cm³/mol. The maximum Gasteiger partial charge on any atom is 0.250 e. The van der Waals surface area contributed by atoms with Crippen LogP contribution >= 0.6 is 0 Å². The molecule has 0 spiro atoms. The third kappa shape index (κ3) is 5.07. The highest BCUT2D eigenvalue weighted by Crippen LogP contribution is 2.33. The van der Waals surface area contributed by atoms with Gasteiger partial charge in [-0.1, -0.05) is 49.2 Å². The number of nitrogens with zero attached hydrogens (tertiary/aromatic N) is 3. The second-order valence-corrected chi connectivity index (χ2v) is 9.33. The van der Waals surface area contributed by atoms with Gasteiger partial charge in [0.1, 0.15) is 11.4 Å². The summed E-state index contributed by atoms with van der Waals surface area (Å²) in [5.74, 6) is -0.229. The van der Waals surface area contributed by atoms with Crippen LogP contribution in [0.2, 0.25) is 0 Å². The Morgan fingerprint density at radius 1 is 1.21 bits per heavy atom. The van der Waals surface area contributed by atoms with Gasteiger partial charge in [0, 0.05) is 18.3 Å². The van der Waals surface area contributed by atoms with Gasteiger partial charge in [-0.3, -0.25) is 14.4 Å². The Balaban J connectivity index is 1.57. The zero-order valence-corrected chi connectivity index (χ0v) is 19.4. The molecular weight excluding hydrogens is 416 g/mol. The molecule has 1 aliphatic carbocycles. The summed E-state index contributed by atoms with van der Waals surface area (Å²) in [4.78, 5) is 47.0. The topological polar surface area (TPSA) is 82.1 Å². The maximum absolute atomic E-state index is 14.0. The molecule has 4 rings (SSSR count). The third-order valence-corrected chi connectivity index (χ3v) is 6.71. The normalized spacial score (nSPS) is 22.5. The maximum atomic E-state index is 14.0. The van der Waals surface area contributed by atoms with Crippen molar-refractivity contribution in [3.05, 3.63) is 59.8 Å². The summed E-state index contributed by atoms with van der Waals surface area (Å²) in [6.07, 6.45) is 10.3. The number of aliphatic imine (C=N–C) groups is 1. The van der Waals surface area contributed by atoms with Gasteiger partial charge in [-0.05, 0) is 50.8 Å². The number of amides is 3. The number of nitrogens with one attached hydrogen (secondary N) is 1. The molecule has 1 aromatic rings. The number of fused-ring (bicyclic) bond motifs is 1. The molecule has 0 bridgehead atoms. The average Bonchev–Trinajstić information content (AvgIpc) is 3.29. The zero-order chi connectivity index (χ0) is 23.4. The van der Waals surface area contributed by atoms with E-state index in [1.54, 1.807) is 17.9 Å². The van der Waals surface area contributed by atoms with E-state index < -0.39 is 5.54 Å². The molecule has 1 N–H and O–H groups in total. The first kappa shape index (κ1) is 23.0. The van der Waals surface area contributed by atoms with Gasteiger partial charge in [0.15, 0.2) is 0 Å². The smallest absolute Gasteiger partial charge is 0.250 e. The van der Waals surface area contributed by atoms with Crippen LogP contribution in [0.5, 0.6) is 0 Å². The van der Waals surface area contributed by atoms with Crippen LogP contribution in [-0.4, -0.2) is 58.0 Å². The van der Waals surface area contributed by atoms with Crippen molar-refractivity contribution in [2.24, 2.45) is 4.99 Å². The minimum atomic E-state index is -1.14. The second kappa shape index (κ2) is 9.73. The number of amidine groups is 1. The van der Waals surface area contributed by atoms with E-state index in [1.165, 1.54) is 0 Å². The van der Waals surface area contributed by atoms with Crippen molar-refractivity contribution in [3.8, 4) is 0 Å². The van der Waals surface area contributed by atoms with Crippen molar-refractivity contribution in [1.29, 1.82) is 0 Å². The predicted octanol–water partition coefficient (Wildman–Crippen LogP) is 2.98. The highest BCUT2D eigenvalue weighted by atomic mass is 16.2. The summed E-state index contributed by atoms with van der Waals surface area (Å²) < 4.78 is 0. The van der Waals surface area contributed by atoms with Gasteiger partial charge in [-0.15, -0.1) is 0 Å². The van der Waals surface area contributed by atoms with Gasteiger partial charge >= 0.3 is 0 Å². The number of allylic oxidation sites excluding steroid dienone is 3. The van der Waals surface area contributed by atoms with Crippen molar-refractivity contribution in [3.63, 3.8) is 0 Å². The molecule has 0 radical (unpaired) electrons. The first-order valence-corrected chi connectivity index (χ1v) is 11.8. The lowest BCUT2D eigenvalue weighted by molar-refractivity contribution is -0.146. The summed E-state index contributed by atoms with van der Waals surface area (Å²) in [6.45, 7) is 4.05. The Bertz CT molecular complexity index is 1010. The molecule has 3 aliphatic rings. The van der Waals surface area contributed by atoms with Crippen LogP contribution in [-0.2, 0) is 20.8 Å². The van der Waals surface area contributed by atoms with Crippen LogP contribution in [0.15, 0.2) is 59.2 Å². The number of rotatable bonds is 7. The molecule has 0 saturated heterocycles. The molecular formula is C26H32N4O3. The molecule has 1 fully saturated rings.